The number of nitrogens with one attached hydrogen (secondary N) is 1. The lowest BCUT2D eigenvalue weighted by Crippen LogP contribution is -2.47. The minimum absolute atomic E-state index is 0.146. The van der Waals surface area contributed by atoms with Crippen LogP contribution in [0.5, 0.6) is 0 Å². The molecule has 1 atom stereocenters. The molecule has 2 amide bonds. The molecule has 2 N–H and O–H groups in total. The van der Waals surface area contributed by atoms with E-state index in [1.54, 1.807) is 30.3 Å². The summed E-state index contributed by atoms with van der Waals surface area (Å²) >= 11 is 6.37. The van der Waals surface area contributed by atoms with Crippen LogP contribution in [0.1, 0.15) is 16.7 Å². The molecule has 0 radical (unpaired) electrons. The van der Waals surface area contributed by atoms with Crippen LogP contribution in [0.4, 0.5) is 0 Å². The largest absolute Gasteiger partial charge is 0.480 e. The zero-order valence-electron chi connectivity index (χ0n) is 16.2. The van der Waals surface area contributed by atoms with Gasteiger partial charge >= 0.3 is 5.97 Å². The first-order valence-corrected chi connectivity index (χ1v) is 10.4. The molecule has 2 aromatic carbocycles. The summed E-state index contributed by atoms with van der Waals surface area (Å²) in [4.78, 5) is 38.3. The van der Waals surface area contributed by atoms with Crippen LogP contribution in [-0.4, -0.2) is 44.7 Å². The number of nitrogens with zero attached hydrogens (tertiary/aromatic N) is 1. The Balaban J connectivity index is 1.65. The average molecular weight is 441 g/mol. The molecule has 0 aliphatic carbocycles. The molecule has 1 aliphatic rings. The SMILES string of the molecule is Cc1ccc(/C=C2/SC(=S)N(CC(=O)NC(Cc3ccccc3)C(=O)O)C2=O)cc1. The Hall–Kier alpha value is -2.97. The van der Waals surface area contributed by atoms with Crippen molar-refractivity contribution in [3.05, 3.63) is 76.2 Å². The first kappa shape index (κ1) is 21.7. The highest BCUT2D eigenvalue weighted by atomic mass is 32.2. The third kappa shape index (κ3) is 5.55. The molecule has 3 rings (SSSR count). The number of benzene rings is 2. The van der Waals surface area contributed by atoms with Gasteiger partial charge in [-0.15, -0.1) is 0 Å². The predicted octanol–water partition coefficient (Wildman–Crippen LogP) is 3.01. The van der Waals surface area contributed by atoms with Crippen LogP contribution < -0.4 is 5.32 Å². The number of thiocarbonyl (C=S) groups is 1. The van der Waals surface area contributed by atoms with Gasteiger partial charge in [-0.3, -0.25) is 14.5 Å². The van der Waals surface area contributed by atoms with E-state index in [1.165, 1.54) is 4.90 Å². The Morgan fingerprint density at radius 2 is 1.83 bits per heavy atom. The molecule has 2 aromatic rings. The van der Waals surface area contributed by atoms with Crippen molar-refractivity contribution in [1.82, 2.24) is 10.2 Å². The Morgan fingerprint density at radius 3 is 2.47 bits per heavy atom. The zero-order valence-corrected chi connectivity index (χ0v) is 17.8. The van der Waals surface area contributed by atoms with Crippen molar-refractivity contribution in [2.75, 3.05) is 6.54 Å². The van der Waals surface area contributed by atoms with Crippen LogP contribution in [0.25, 0.3) is 6.08 Å². The van der Waals surface area contributed by atoms with Gasteiger partial charge in [0.25, 0.3) is 5.91 Å². The van der Waals surface area contributed by atoms with Crippen molar-refractivity contribution in [3.8, 4) is 0 Å². The second kappa shape index (κ2) is 9.69. The molecule has 1 aliphatic heterocycles. The highest BCUT2D eigenvalue weighted by Gasteiger charge is 2.34. The number of carboxylic acid groups (broad SMARTS) is 1. The highest BCUT2D eigenvalue weighted by molar-refractivity contribution is 8.26. The van der Waals surface area contributed by atoms with E-state index < -0.39 is 17.9 Å². The monoisotopic (exact) mass is 440 g/mol. The van der Waals surface area contributed by atoms with Crippen molar-refractivity contribution < 1.29 is 19.5 Å². The number of aryl methyl sites for hydroxylation is 1. The van der Waals surface area contributed by atoms with Gasteiger partial charge < -0.3 is 10.4 Å². The number of carboxylic acids is 1. The molecule has 6 nitrogen and oxygen atoms in total. The summed E-state index contributed by atoms with van der Waals surface area (Å²) in [5, 5.41) is 11.9. The van der Waals surface area contributed by atoms with Gasteiger partial charge in [0.1, 0.15) is 16.9 Å². The van der Waals surface area contributed by atoms with Gasteiger partial charge in [0.2, 0.25) is 5.91 Å². The molecule has 0 saturated carbocycles. The summed E-state index contributed by atoms with van der Waals surface area (Å²) in [5.74, 6) is -2.08. The van der Waals surface area contributed by atoms with E-state index in [1.807, 2.05) is 37.3 Å². The van der Waals surface area contributed by atoms with E-state index in [9.17, 15) is 19.5 Å². The fraction of sp³-hybridized carbons (Fsp3) is 0.182. The number of hydrogen-bond acceptors (Lipinski definition) is 5. The third-order valence-corrected chi connectivity index (χ3v) is 5.84. The number of aliphatic carboxylic acids is 1. The summed E-state index contributed by atoms with van der Waals surface area (Å²) in [6.45, 7) is 1.65. The molecule has 0 bridgehead atoms. The summed E-state index contributed by atoms with van der Waals surface area (Å²) in [7, 11) is 0. The first-order chi connectivity index (χ1) is 14.3. The Labute approximate surface area is 184 Å². The molecule has 30 heavy (non-hydrogen) atoms. The molecule has 0 spiro atoms. The minimum Gasteiger partial charge on any atom is -0.480 e. The number of hydrogen-bond donors (Lipinski definition) is 2. The Kier molecular flexibility index (Phi) is 7.02. The van der Waals surface area contributed by atoms with Crippen LogP contribution in [-0.2, 0) is 20.8 Å². The summed E-state index contributed by atoms with van der Waals surface area (Å²) in [6.07, 6.45) is 1.87. The van der Waals surface area contributed by atoms with E-state index >= 15 is 0 Å². The van der Waals surface area contributed by atoms with Crippen LogP contribution in [0, 0.1) is 6.92 Å². The zero-order chi connectivity index (χ0) is 21.7. The highest BCUT2D eigenvalue weighted by Crippen LogP contribution is 2.32. The third-order valence-electron chi connectivity index (χ3n) is 4.47. The van der Waals surface area contributed by atoms with Crippen LogP contribution >= 0.6 is 24.0 Å². The van der Waals surface area contributed by atoms with Crippen molar-refractivity contribution >= 4 is 52.2 Å². The van der Waals surface area contributed by atoms with E-state index in [0.29, 0.717) is 4.91 Å². The van der Waals surface area contributed by atoms with Gasteiger partial charge in [0.05, 0.1) is 4.91 Å². The summed E-state index contributed by atoms with van der Waals surface area (Å²) in [6, 6.07) is 15.6. The number of thioether (sulfide) groups is 1. The van der Waals surface area contributed by atoms with Crippen LogP contribution in [0.15, 0.2) is 59.5 Å². The normalized spacial score (nSPS) is 16.0. The molecule has 8 heteroatoms. The minimum atomic E-state index is -1.14. The number of carbonyl (C=O) groups is 3. The maximum Gasteiger partial charge on any atom is 0.326 e. The lowest BCUT2D eigenvalue weighted by Gasteiger charge is -2.18. The second-order valence-electron chi connectivity index (χ2n) is 6.83. The molecular formula is C22H20N2O4S2. The first-order valence-electron chi connectivity index (χ1n) is 9.21. The van der Waals surface area contributed by atoms with Gasteiger partial charge in [-0.1, -0.05) is 84.1 Å². The van der Waals surface area contributed by atoms with Crippen molar-refractivity contribution in [2.45, 2.75) is 19.4 Å². The standard InChI is InChI=1S/C22H20N2O4S2/c1-14-7-9-16(10-8-14)12-18-20(26)24(22(29)30-18)13-19(25)23-17(21(27)28)11-15-5-3-2-4-6-15/h2-10,12,17H,11,13H2,1H3,(H,23,25)(H,27,28)/b18-12+. The maximum atomic E-state index is 12.7. The van der Waals surface area contributed by atoms with Gasteiger partial charge in [-0.25, -0.2) is 4.79 Å². The van der Waals surface area contributed by atoms with Crippen molar-refractivity contribution in [1.29, 1.82) is 0 Å². The lowest BCUT2D eigenvalue weighted by atomic mass is 10.1. The van der Waals surface area contributed by atoms with Gasteiger partial charge in [0, 0.05) is 6.42 Å². The number of rotatable bonds is 7. The van der Waals surface area contributed by atoms with Crippen LogP contribution in [0.3, 0.4) is 0 Å². The van der Waals surface area contributed by atoms with Gasteiger partial charge in [-0.05, 0) is 24.1 Å². The maximum absolute atomic E-state index is 12.7. The predicted molar refractivity (Wildman–Crippen MR) is 121 cm³/mol. The molecular weight excluding hydrogens is 420 g/mol. The van der Waals surface area contributed by atoms with E-state index in [2.05, 4.69) is 5.32 Å². The smallest absolute Gasteiger partial charge is 0.326 e. The van der Waals surface area contributed by atoms with Crippen molar-refractivity contribution in [3.63, 3.8) is 0 Å². The molecule has 154 valence electrons. The van der Waals surface area contributed by atoms with E-state index in [-0.39, 0.29) is 23.2 Å². The Bertz CT molecular complexity index is 1000. The molecule has 1 saturated heterocycles. The van der Waals surface area contributed by atoms with Gasteiger partial charge in [0.15, 0.2) is 0 Å². The number of carbonyl (C=O) groups excluding carboxylic acids is 2. The van der Waals surface area contributed by atoms with Gasteiger partial charge in [-0.2, -0.15) is 0 Å². The molecule has 1 unspecified atom stereocenters. The fourth-order valence-corrected chi connectivity index (χ4v) is 4.14. The summed E-state index contributed by atoms with van der Waals surface area (Å²) < 4.78 is 0.267. The molecule has 1 heterocycles. The van der Waals surface area contributed by atoms with Crippen molar-refractivity contribution in [2.24, 2.45) is 0 Å². The second-order valence-corrected chi connectivity index (χ2v) is 8.50. The van der Waals surface area contributed by atoms with E-state index in [0.717, 1.165) is 28.5 Å². The molecule has 1 fully saturated rings. The van der Waals surface area contributed by atoms with Crippen LogP contribution in [0.2, 0.25) is 0 Å². The topological polar surface area (TPSA) is 86.7 Å². The summed E-state index contributed by atoms with van der Waals surface area (Å²) in [5.41, 5.74) is 2.76. The molecule has 0 aromatic heterocycles. The van der Waals surface area contributed by atoms with E-state index in [4.69, 9.17) is 12.2 Å². The lowest BCUT2D eigenvalue weighted by molar-refractivity contribution is -0.142. The fourth-order valence-electron chi connectivity index (χ4n) is 2.88. The average Bonchev–Trinajstić information content (AvgIpc) is 2.97. The Morgan fingerprint density at radius 1 is 1.17 bits per heavy atom. The number of amides is 2. The quantitative estimate of drug-likeness (QED) is 0.509.